The summed E-state index contributed by atoms with van der Waals surface area (Å²) in [6, 6.07) is 18.1. The Bertz CT molecular complexity index is 3360. The molecule has 3 atom stereocenters. The second-order valence-electron chi connectivity index (χ2n) is 27.2. The fourth-order valence-electron chi connectivity index (χ4n) is 16.4. The van der Waals surface area contributed by atoms with Gasteiger partial charge in [0, 0.05) is 90.2 Å². The molecule has 3 aromatic rings. The molecule has 23 heteroatoms. The van der Waals surface area contributed by atoms with E-state index in [2.05, 4.69) is 35.5 Å². The van der Waals surface area contributed by atoms with Crippen molar-refractivity contribution in [2.24, 2.45) is 66.2 Å². The predicted molar refractivity (Wildman–Crippen MR) is 337 cm³/mol. The highest BCUT2D eigenvalue weighted by Gasteiger charge is 2.69. The third-order valence-corrected chi connectivity index (χ3v) is 21.7. The van der Waals surface area contributed by atoms with Crippen molar-refractivity contribution in [3.05, 3.63) is 105 Å². The highest BCUT2D eigenvalue weighted by atomic mass is 32.2. The molecule has 15 nitrogen and oxygen atoms in total. The lowest BCUT2D eigenvalue weighted by molar-refractivity contribution is -0.179. The number of hydrogen-bond acceptors (Lipinski definition) is 13. The molecule has 3 heterocycles. The van der Waals surface area contributed by atoms with Crippen molar-refractivity contribution in [1.82, 2.24) is 14.7 Å². The third kappa shape index (κ3) is 12.0. The van der Waals surface area contributed by atoms with Crippen LogP contribution in [0.15, 0.2) is 69.6 Å². The SMILES string of the molecule is CN1C(=O)C2(N=C1N)c1cc(C#CC3CC3)ccc1CC21CCC(OC(F)F)CC1.CN1C(=O)[C@@]2(N=C1N)c1cc(C#CC3CC3)ccc1CC21CCC(OC(F)F)CC1.CN1C(=O)[C@]2(N=C1N)c1cc(C#CC3CC3)ccc1CC21CCC(OC(F)F)CC1.CSF. The van der Waals surface area contributed by atoms with E-state index < -0.39 is 71.0 Å². The van der Waals surface area contributed by atoms with E-state index in [4.69, 9.17) is 46.4 Å². The smallest absolute Gasteiger partial charge is 0.345 e. The first kappa shape index (κ1) is 65.9. The zero-order valence-electron chi connectivity index (χ0n) is 52.7. The molecule has 3 aliphatic heterocycles. The third-order valence-electron chi connectivity index (χ3n) is 21.7. The van der Waals surface area contributed by atoms with Gasteiger partial charge in [0.05, 0.1) is 18.3 Å². The minimum atomic E-state index is -2.78. The van der Waals surface area contributed by atoms with Crippen LogP contribution in [0.1, 0.15) is 166 Å². The van der Waals surface area contributed by atoms with E-state index in [1.807, 2.05) is 54.6 Å². The molecule has 6 N–H and O–H groups in total. The van der Waals surface area contributed by atoms with Gasteiger partial charge in [-0.25, -0.2) is 15.0 Å². The van der Waals surface area contributed by atoms with E-state index in [1.54, 1.807) is 21.1 Å². The number of nitrogens with zero attached hydrogens (tertiary/aromatic N) is 6. The van der Waals surface area contributed by atoms with Gasteiger partial charge in [-0.1, -0.05) is 53.7 Å². The quantitative estimate of drug-likeness (QED) is 0.157. The molecule has 6 saturated carbocycles. The zero-order chi connectivity index (χ0) is 66.0. The van der Waals surface area contributed by atoms with Gasteiger partial charge in [-0.2, -0.15) is 30.2 Å². The van der Waals surface area contributed by atoms with E-state index >= 15 is 0 Å². The van der Waals surface area contributed by atoms with Crippen molar-refractivity contribution in [1.29, 1.82) is 0 Å². The summed E-state index contributed by atoms with van der Waals surface area (Å²) in [5.41, 5.74) is 22.0. The van der Waals surface area contributed by atoms with Crippen LogP contribution in [0.4, 0.5) is 30.2 Å². The van der Waals surface area contributed by atoms with Crippen LogP contribution in [0.25, 0.3) is 0 Å². The topological polar surface area (TPSA) is 204 Å². The van der Waals surface area contributed by atoms with Gasteiger partial charge in [-0.3, -0.25) is 29.1 Å². The number of aliphatic imine (C=N–C) groups is 3. The van der Waals surface area contributed by atoms with Crippen LogP contribution in [0, 0.1) is 69.5 Å². The number of carbonyl (C=O) groups excluding carboxylic acids is 3. The van der Waals surface area contributed by atoms with Crippen molar-refractivity contribution in [2.45, 2.75) is 190 Å². The van der Waals surface area contributed by atoms with Gasteiger partial charge in [-0.15, -0.1) is 0 Å². The summed E-state index contributed by atoms with van der Waals surface area (Å²) in [5.74, 6) is 21.2. The Hall–Kier alpha value is -7.10. The fraction of sp³-hybridized carbons (Fsp3) is 0.571. The molecule has 6 spiro atoms. The Kier molecular flexibility index (Phi) is 18.1. The van der Waals surface area contributed by atoms with Crippen molar-refractivity contribution in [3.63, 3.8) is 0 Å². The maximum absolute atomic E-state index is 13.6. The number of amides is 3. The van der Waals surface area contributed by atoms with Crippen LogP contribution in [0.2, 0.25) is 0 Å². The van der Waals surface area contributed by atoms with E-state index in [-0.39, 0.29) is 47.7 Å². The average molecular weight is 1310 g/mol. The van der Waals surface area contributed by atoms with Gasteiger partial charge in [0.25, 0.3) is 17.7 Å². The molecule has 3 amide bonds. The van der Waals surface area contributed by atoms with Crippen molar-refractivity contribution in [2.75, 3.05) is 27.4 Å². The first-order chi connectivity index (χ1) is 44.4. The fourth-order valence-corrected chi connectivity index (χ4v) is 16.4. The minimum Gasteiger partial charge on any atom is -0.369 e. The number of nitrogens with two attached hydrogens (primary N) is 3. The van der Waals surface area contributed by atoms with Crippen molar-refractivity contribution >= 4 is 47.7 Å². The number of ether oxygens (including phenoxy) is 3. The molecule has 0 radical (unpaired) electrons. The van der Waals surface area contributed by atoms with Gasteiger partial charge in [0.15, 0.2) is 34.5 Å². The van der Waals surface area contributed by atoms with E-state index in [0.29, 0.717) is 114 Å². The van der Waals surface area contributed by atoms with Crippen LogP contribution in [0.5, 0.6) is 0 Å². The Balaban J connectivity index is 0.000000131. The Labute approximate surface area is 542 Å². The van der Waals surface area contributed by atoms with Crippen LogP contribution in [-0.4, -0.2) is 116 Å². The summed E-state index contributed by atoms with van der Waals surface area (Å²) in [7, 11) is 4.93. The number of benzene rings is 3. The van der Waals surface area contributed by atoms with Gasteiger partial charge in [-0.05, 0) is 205 Å². The largest absolute Gasteiger partial charge is 0.369 e. The summed E-state index contributed by atoms with van der Waals surface area (Å²) in [5, 5.41) is 0. The van der Waals surface area contributed by atoms with Gasteiger partial charge in [0.1, 0.15) is 0 Å². The number of rotatable bonds is 6. The summed E-state index contributed by atoms with van der Waals surface area (Å²) in [6.45, 7) is -8.34. The van der Waals surface area contributed by atoms with Gasteiger partial charge in [0.2, 0.25) is 0 Å². The molecular weight excluding hydrogens is 1230 g/mol. The monoisotopic (exact) mass is 1310 g/mol. The molecular formula is C70H78F7N9O6S. The standard InChI is InChI=1S/3C23H25F2N3O2.CH3FS/c3*1-28-19(29)23(27-21(28)26)18-12-15(5-4-14-2-3-14)6-7-16(18)13-22(23)10-8-17(9-11-22)30-20(24)25;1-3-2/h3*6-7,12,14,17,20H,2-3,8-11,13H2,1H3,(H2,26,27);1H3/t2*17?,22?,23-;;/m10../s1. The maximum Gasteiger partial charge on any atom is 0.345 e. The van der Waals surface area contributed by atoms with Crippen LogP contribution in [-0.2, 0) is 64.5 Å². The molecule has 0 bridgehead atoms. The highest BCUT2D eigenvalue weighted by Crippen LogP contribution is 2.65. The van der Waals surface area contributed by atoms with E-state index in [1.165, 1.54) is 21.0 Å². The molecule has 15 rings (SSSR count). The number of likely N-dealkylation sites (N-methyl/N-ethyl adjacent to an activating group) is 3. The van der Waals surface area contributed by atoms with Crippen molar-refractivity contribution < 1.29 is 58.8 Å². The molecule has 0 aromatic heterocycles. The van der Waals surface area contributed by atoms with Gasteiger partial charge < -0.3 is 31.4 Å². The lowest BCUT2D eigenvalue weighted by Crippen LogP contribution is -2.51. The second kappa shape index (κ2) is 25.6. The van der Waals surface area contributed by atoms with E-state index in [0.717, 1.165) is 88.6 Å². The van der Waals surface area contributed by atoms with Crippen LogP contribution in [0.3, 0.4) is 0 Å². The Morgan fingerprint density at radius 2 is 0.688 bits per heavy atom. The Morgan fingerprint density at radius 3 is 0.882 bits per heavy atom. The molecule has 0 saturated heterocycles. The average Bonchev–Trinajstić information content (AvgIpc) is 1.55. The molecule has 93 heavy (non-hydrogen) atoms. The predicted octanol–water partition coefficient (Wildman–Crippen LogP) is 10.7. The molecule has 6 fully saturated rings. The minimum absolute atomic E-state index is 0.140. The number of hydrogen-bond donors (Lipinski definition) is 3. The lowest BCUT2D eigenvalue weighted by atomic mass is 9.61. The van der Waals surface area contributed by atoms with Crippen LogP contribution >= 0.6 is 12.1 Å². The number of fused-ring (bicyclic) bond motifs is 9. The number of halogens is 7. The number of guanidine groups is 3. The summed E-state index contributed by atoms with van der Waals surface area (Å²) >= 11 is 0.250. The van der Waals surface area contributed by atoms with Crippen LogP contribution < -0.4 is 17.2 Å². The molecule has 9 aliphatic carbocycles. The first-order valence-corrected chi connectivity index (χ1v) is 33.4. The van der Waals surface area contributed by atoms with Crippen molar-refractivity contribution in [3.8, 4) is 35.5 Å². The summed E-state index contributed by atoms with van der Waals surface area (Å²) in [4.78, 5) is 59.3. The number of alkyl halides is 6. The molecule has 1 unspecified atom stereocenters. The highest BCUT2D eigenvalue weighted by molar-refractivity contribution is 7.93. The summed E-state index contributed by atoms with van der Waals surface area (Å²) < 4.78 is 101. The maximum atomic E-state index is 13.6. The Morgan fingerprint density at radius 1 is 0.452 bits per heavy atom. The lowest BCUT2D eigenvalue weighted by Gasteiger charge is -2.45. The zero-order valence-corrected chi connectivity index (χ0v) is 53.5. The van der Waals surface area contributed by atoms with Gasteiger partial charge >= 0.3 is 19.8 Å². The molecule has 494 valence electrons. The summed E-state index contributed by atoms with van der Waals surface area (Å²) in [6.07, 6.45) is 15.2. The number of carbonyl (C=O) groups is 3. The first-order valence-electron chi connectivity index (χ1n) is 32.3. The normalized spacial score (nSPS) is 31.7. The second-order valence-corrected chi connectivity index (χ2v) is 27.5. The molecule has 12 aliphatic rings. The molecule has 3 aromatic carbocycles. The van der Waals surface area contributed by atoms with E-state index in [9.17, 15) is 44.6 Å².